The van der Waals surface area contributed by atoms with Gasteiger partial charge in [-0.1, -0.05) is 6.07 Å². The van der Waals surface area contributed by atoms with E-state index in [1.54, 1.807) is 16.0 Å². The molecule has 7 rings (SSSR count). The molecule has 15 heteroatoms. The zero-order chi connectivity index (χ0) is 39.3. The van der Waals surface area contributed by atoms with Gasteiger partial charge in [0.25, 0.3) is 0 Å². The first-order valence-corrected chi connectivity index (χ1v) is 18.3. The molecule has 56 heavy (non-hydrogen) atoms. The summed E-state index contributed by atoms with van der Waals surface area (Å²) in [6, 6.07) is 9.02. The predicted molar refractivity (Wildman–Crippen MR) is 205 cm³/mol. The number of hydrogen-bond acceptors (Lipinski definition) is 10. The molecule has 3 aromatic rings. The van der Waals surface area contributed by atoms with E-state index in [1.807, 2.05) is 42.6 Å². The summed E-state index contributed by atoms with van der Waals surface area (Å²) in [5, 5.41) is 5.10. The van der Waals surface area contributed by atoms with Gasteiger partial charge in [-0.3, -0.25) is 14.6 Å². The highest BCUT2D eigenvalue weighted by molar-refractivity contribution is 6.04. The van der Waals surface area contributed by atoms with Crippen LogP contribution in [0.2, 0.25) is 0 Å². The summed E-state index contributed by atoms with van der Waals surface area (Å²) in [4.78, 5) is 66.8. The number of allylic oxidation sites excluding steroid dienone is 1. The fourth-order valence-electron chi connectivity index (χ4n) is 7.56. The fourth-order valence-corrected chi connectivity index (χ4v) is 7.56. The summed E-state index contributed by atoms with van der Waals surface area (Å²) in [7, 11) is 2.47. The normalized spacial score (nSPS) is 19.1. The number of alkyl carbamates (subject to hydrolysis) is 2. The predicted octanol–water partition coefficient (Wildman–Crippen LogP) is 5.31. The minimum Gasteiger partial charge on any atom is -0.453 e. The van der Waals surface area contributed by atoms with Crippen molar-refractivity contribution in [2.24, 2.45) is 4.99 Å². The molecule has 0 saturated carbocycles. The lowest BCUT2D eigenvalue weighted by Gasteiger charge is -2.28. The summed E-state index contributed by atoms with van der Waals surface area (Å²) < 4.78 is 22.0. The fraction of sp³-hybridized carbons (Fsp3) is 0.366. The smallest absolute Gasteiger partial charge is 0.407 e. The van der Waals surface area contributed by atoms with Gasteiger partial charge in [-0.15, -0.1) is 24.7 Å². The number of imidazole rings is 1. The van der Waals surface area contributed by atoms with Gasteiger partial charge in [-0.05, 0) is 67.2 Å². The van der Waals surface area contributed by atoms with Crippen LogP contribution in [-0.4, -0.2) is 94.9 Å². The standard InChI is InChI=1S/C41H41N7O8/c1-5-9-27(45-40(51)53-3)38(49)47-17-7-11-31(47)29-19-26(22-42-29)24-13-15-33-35(20-24)55-34-16-14-25(21-36(34)56-33)30-23-43-37(44-30)32-12-8-18-48(32)39(50)28(10-6-2)46-41(52)54-4/h1-2,13-16,20-23,27-28,31-32H,7-12,17-19H2,3-4H3,(H,43,44)(H,45,51)(H,46,52)/t27-,28-,31-,32-/m0/s1. The summed E-state index contributed by atoms with van der Waals surface area (Å²) in [5.74, 6) is 7.19. The van der Waals surface area contributed by atoms with Crippen LogP contribution in [0.4, 0.5) is 9.59 Å². The number of aliphatic imine (C=N–C) groups is 1. The van der Waals surface area contributed by atoms with Gasteiger partial charge in [0, 0.05) is 49.8 Å². The van der Waals surface area contributed by atoms with Gasteiger partial charge in [-0.2, -0.15) is 0 Å². The van der Waals surface area contributed by atoms with Gasteiger partial charge < -0.3 is 44.4 Å². The lowest BCUT2D eigenvalue weighted by Crippen LogP contribution is -2.51. The molecule has 288 valence electrons. The molecule has 5 heterocycles. The average Bonchev–Trinajstić information content (AvgIpc) is 4.05. The molecule has 0 radical (unpaired) electrons. The number of nitrogens with one attached hydrogen (secondary N) is 3. The summed E-state index contributed by atoms with van der Waals surface area (Å²) in [5.41, 5.74) is 4.30. The topological polar surface area (TPSA) is 177 Å². The van der Waals surface area contributed by atoms with E-state index in [1.165, 1.54) is 14.2 Å². The van der Waals surface area contributed by atoms with E-state index in [9.17, 15) is 19.2 Å². The Morgan fingerprint density at radius 3 is 1.98 bits per heavy atom. The molecule has 2 saturated heterocycles. The average molecular weight is 760 g/mol. The van der Waals surface area contributed by atoms with Crippen molar-refractivity contribution in [3.8, 4) is 58.9 Å². The maximum Gasteiger partial charge on any atom is 0.407 e. The Labute approximate surface area is 323 Å². The van der Waals surface area contributed by atoms with E-state index >= 15 is 0 Å². The third-order valence-electron chi connectivity index (χ3n) is 10.3. The van der Waals surface area contributed by atoms with Crippen LogP contribution in [0.25, 0.3) is 16.8 Å². The molecule has 0 unspecified atom stereocenters. The van der Waals surface area contributed by atoms with Crippen LogP contribution in [0.3, 0.4) is 0 Å². The van der Waals surface area contributed by atoms with E-state index in [-0.39, 0.29) is 36.7 Å². The Kier molecular flexibility index (Phi) is 11.0. The first kappa shape index (κ1) is 37.6. The highest BCUT2D eigenvalue weighted by atomic mass is 16.6. The number of carbonyl (C=O) groups excluding carboxylic acids is 4. The van der Waals surface area contributed by atoms with Crippen LogP contribution < -0.4 is 20.1 Å². The van der Waals surface area contributed by atoms with E-state index in [4.69, 9.17) is 27.3 Å². The number of fused-ring (bicyclic) bond motifs is 2. The summed E-state index contributed by atoms with van der Waals surface area (Å²) in [6.45, 7) is 1.05. The molecular weight excluding hydrogens is 718 g/mol. The minimum atomic E-state index is -0.905. The third kappa shape index (κ3) is 7.61. The number of methoxy groups -OCH3 is 2. The van der Waals surface area contributed by atoms with Crippen LogP contribution >= 0.6 is 0 Å². The molecule has 2 fully saturated rings. The van der Waals surface area contributed by atoms with Crippen molar-refractivity contribution in [2.45, 2.75) is 69.1 Å². The van der Waals surface area contributed by atoms with Crippen molar-refractivity contribution in [2.75, 3.05) is 27.3 Å². The number of aromatic nitrogens is 2. The number of likely N-dealkylation sites (tertiary alicyclic amines) is 2. The number of terminal acetylenes is 2. The number of carbonyl (C=O) groups is 4. The van der Waals surface area contributed by atoms with Gasteiger partial charge in [0.15, 0.2) is 23.0 Å². The Morgan fingerprint density at radius 1 is 0.839 bits per heavy atom. The maximum absolute atomic E-state index is 13.5. The SMILES string of the molecule is C#CC[C@H](NC(=O)OC)C(=O)N1CCC[C@H]1C1=NC=C(c2ccc3c(c2)Oc2ccc(-c4cnc([C@@H]5CCCN5C(=O)[C@H](CC#C)NC(=O)OC)[nH]4)cc2O3)C1. The van der Waals surface area contributed by atoms with Crippen molar-refractivity contribution >= 4 is 35.3 Å². The molecule has 4 aliphatic heterocycles. The van der Waals surface area contributed by atoms with Gasteiger partial charge >= 0.3 is 12.2 Å². The Hall–Kier alpha value is -6.74. The molecular formula is C41H41N7O8. The molecule has 0 aliphatic carbocycles. The number of nitrogens with zero attached hydrogens (tertiary/aromatic N) is 4. The van der Waals surface area contributed by atoms with Crippen LogP contribution in [0.15, 0.2) is 53.8 Å². The number of amides is 4. The van der Waals surface area contributed by atoms with Gasteiger partial charge in [0.1, 0.15) is 17.9 Å². The number of benzene rings is 2. The van der Waals surface area contributed by atoms with Crippen LogP contribution in [0.1, 0.15) is 62.4 Å². The molecule has 1 aromatic heterocycles. The molecule has 4 aliphatic rings. The van der Waals surface area contributed by atoms with Crippen LogP contribution in [0, 0.1) is 24.7 Å². The van der Waals surface area contributed by atoms with Gasteiger partial charge in [0.2, 0.25) is 11.8 Å². The Morgan fingerprint density at radius 2 is 1.39 bits per heavy atom. The van der Waals surface area contributed by atoms with Crippen molar-refractivity contribution in [1.82, 2.24) is 30.4 Å². The lowest BCUT2D eigenvalue weighted by molar-refractivity contribution is -0.134. The quantitative estimate of drug-likeness (QED) is 0.181. The minimum absolute atomic E-state index is 0.0347. The van der Waals surface area contributed by atoms with E-state index < -0.39 is 24.3 Å². The van der Waals surface area contributed by atoms with Gasteiger partial charge in [-0.25, -0.2) is 14.6 Å². The molecule has 2 aromatic carbocycles. The number of H-pyrrole nitrogens is 1. The molecule has 0 bridgehead atoms. The monoisotopic (exact) mass is 759 g/mol. The Balaban J connectivity index is 1.000. The first-order chi connectivity index (χ1) is 27.2. The number of hydrogen-bond donors (Lipinski definition) is 3. The van der Waals surface area contributed by atoms with E-state index in [2.05, 4.69) is 41.9 Å². The Bertz CT molecular complexity index is 2200. The molecule has 0 spiro atoms. The summed E-state index contributed by atoms with van der Waals surface area (Å²) >= 11 is 0. The third-order valence-corrected chi connectivity index (χ3v) is 10.3. The van der Waals surface area contributed by atoms with Gasteiger partial charge in [0.05, 0.1) is 38.2 Å². The molecule has 3 N–H and O–H groups in total. The van der Waals surface area contributed by atoms with Crippen LogP contribution in [0.5, 0.6) is 23.0 Å². The second-order valence-electron chi connectivity index (χ2n) is 13.7. The summed E-state index contributed by atoms with van der Waals surface area (Å²) in [6.07, 6.45) is 16.8. The highest BCUT2D eigenvalue weighted by Gasteiger charge is 2.38. The second kappa shape index (κ2) is 16.3. The number of ether oxygens (including phenoxy) is 4. The number of aromatic amines is 1. The number of rotatable bonds is 10. The van der Waals surface area contributed by atoms with Crippen molar-refractivity contribution in [3.63, 3.8) is 0 Å². The zero-order valence-corrected chi connectivity index (χ0v) is 31.0. The maximum atomic E-state index is 13.5. The largest absolute Gasteiger partial charge is 0.453 e. The van der Waals surface area contributed by atoms with E-state index in [0.717, 1.165) is 47.4 Å². The molecule has 15 nitrogen and oxygen atoms in total. The van der Waals surface area contributed by atoms with Crippen LogP contribution in [-0.2, 0) is 19.1 Å². The van der Waals surface area contributed by atoms with Crippen molar-refractivity contribution in [1.29, 1.82) is 0 Å². The zero-order valence-electron chi connectivity index (χ0n) is 31.0. The highest BCUT2D eigenvalue weighted by Crippen LogP contribution is 2.48. The first-order valence-electron chi connectivity index (χ1n) is 18.3. The van der Waals surface area contributed by atoms with Crippen molar-refractivity contribution in [3.05, 3.63) is 60.2 Å². The molecule has 4 amide bonds. The van der Waals surface area contributed by atoms with E-state index in [0.29, 0.717) is 54.8 Å². The molecule has 4 atom stereocenters. The second-order valence-corrected chi connectivity index (χ2v) is 13.7. The van der Waals surface area contributed by atoms with Crippen molar-refractivity contribution < 1.29 is 38.1 Å². The lowest BCUT2D eigenvalue weighted by atomic mass is 9.98.